The summed E-state index contributed by atoms with van der Waals surface area (Å²) in [6.07, 6.45) is 0.333. The monoisotopic (exact) mass is 378 g/mol. The van der Waals surface area contributed by atoms with Gasteiger partial charge in [-0.15, -0.1) is 0 Å². The second-order valence-corrected chi connectivity index (χ2v) is 2.18. The maximum Gasteiger partial charge on any atom is 3.00 e. The minimum atomic E-state index is -0.995. The molecule has 0 heterocycles. The van der Waals surface area contributed by atoms with Crippen LogP contribution in [0.15, 0.2) is 0 Å². The van der Waals surface area contributed by atoms with E-state index in [0.29, 0.717) is 0 Å². The molecule has 0 bridgehead atoms. The number of carbonyl (C=O) groups excluding carboxylic acids is 3. The minimum absolute atomic E-state index is 0. The van der Waals surface area contributed by atoms with Gasteiger partial charge in [0.05, 0.1) is 0 Å². The van der Waals surface area contributed by atoms with Crippen LogP contribution in [-0.4, -0.2) is 17.9 Å². The van der Waals surface area contributed by atoms with E-state index in [4.69, 9.17) is 0 Å². The van der Waals surface area contributed by atoms with Crippen LogP contribution in [0.4, 0.5) is 0 Å². The summed E-state index contributed by atoms with van der Waals surface area (Å²) in [5.74, 6) is -2.99. The van der Waals surface area contributed by atoms with Crippen LogP contribution in [0.5, 0.6) is 0 Å². The molecule has 16 heavy (non-hydrogen) atoms. The van der Waals surface area contributed by atoms with Gasteiger partial charge in [-0.05, 0) is 19.3 Å². The molecule has 0 spiro atoms. The van der Waals surface area contributed by atoms with Gasteiger partial charge in [0.15, 0.2) is 0 Å². The van der Waals surface area contributed by atoms with Crippen molar-refractivity contribution in [2.75, 3.05) is 0 Å². The number of rotatable bonds is 3. The summed E-state index contributed by atoms with van der Waals surface area (Å²) in [6.45, 7) is 4.61. The van der Waals surface area contributed by atoms with E-state index in [-0.39, 0.29) is 57.9 Å². The third-order valence-electron chi connectivity index (χ3n) is 0.866. The second-order valence-electron chi connectivity index (χ2n) is 2.18. The summed E-state index contributed by atoms with van der Waals surface area (Å²) >= 11 is 0. The first-order chi connectivity index (χ1) is 6.81. The SMILES string of the molecule is CCC(=O)[O-].CCC(=O)[O-].CCC(=O)[O-].[Tb+3]. The van der Waals surface area contributed by atoms with Crippen LogP contribution in [-0.2, 0) is 14.4 Å². The number of carbonyl (C=O) groups is 3. The number of aliphatic carboxylic acids is 3. The Hall–Kier alpha value is -0.304. The molecule has 0 aliphatic rings. The van der Waals surface area contributed by atoms with Crippen LogP contribution in [0.1, 0.15) is 40.0 Å². The smallest absolute Gasteiger partial charge is 0.550 e. The van der Waals surface area contributed by atoms with Crippen molar-refractivity contribution in [2.24, 2.45) is 0 Å². The largest absolute Gasteiger partial charge is 3.00 e. The summed E-state index contributed by atoms with van der Waals surface area (Å²) in [7, 11) is 0. The van der Waals surface area contributed by atoms with Crippen molar-refractivity contribution in [1.29, 1.82) is 0 Å². The molecule has 0 saturated carbocycles. The standard InChI is InChI=1S/3C3H6O2.Tb/c3*1-2-3(4)5;/h3*2H2,1H3,(H,4,5);/q;;;+3/p-3. The fraction of sp³-hybridized carbons (Fsp3) is 0.667. The number of carboxylic acids is 3. The molecule has 0 aromatic rings. The molecular formula is C9H15O6Tb. The van der Waals surface area contributed by atoms with Crippen molar-refractivity contribution < 1.29 is 68.3 Å². The molecule has 0 aliphatic carbocycles. The van der Waals surface area contributed by atoms with Crippen molar-refractivity contribution in [3.63, 3.8) is 0 Å². The van der Waals surface area contributed by atoms with Crippen LogP contribution >= 0.6 is 0 Å². The molecule has 7 heteroatoms. The first kappa shape index (κ1) is 24.8. The van der Waals surface area contributed by atoms with Crippen molar-refractivity contribution >= 4 is 17.9 Å². The molecule has 0 radical (unpaired) electrons. The van der Waals surface area contributed by atoms with Gasteiger partial charge in [-0.2, -0.15) is 0 Å². The molecule has 0 rings (SSSR count). The first-order valence-electron chi connectivity index (χ1n) is 4.41. The summed E-state index contributed by atoms with van der Waals surface area (Å²) < 4.78 is 0. The molecule has 0 amide bonds. The van der Waals surface area contributed by atoms with Gasteiger partial charge >= 0.3 is 38.6 Å². The van der Waals surface area contributed by atoms with E-state index in [1.165, 1.54) is 20.8 Å². The number of carboxylic acid groups (broad SMARTS) is 3. The Morgan fingerprint density at radius 3 is 0.750 bits per heavy atom. The van der Waals surface area contributed by atoms with Crippen LogP contribution in [0, 0.1) is 38.6 Å². The van der Waals surface area contributed by atoms with Gasteiger partial charge in [0.25, 0.3) is 0 Å². The molecule has 0 unspecified atom stereocenters. The van der Waals surface area contributed by atoms with Crippen molar-refractivity contribution in [1.82, 2.24) is 0 Å². The summed E-state index contributed by atoms with van der Waals surface area (Å²) in [5.41, 5.74) is 0. The number of hydrogen-bond acceptors (Lipinski definition) is 6. The van der Waals surface area contributed by atoms with Gasteiger partial charge in [-0.1, -0.05) is 20.8 Å². The fourth-order valence-corrected chi connectivity index (χ4v) is 0. The van der Waals surface area contributed by atoms with Gasteiger partial charge < -0.3 is 29.7 Å². The molecule has 0 atom stereocenters. The third kappa shape index (κ3) is 68.0. The van der Waals surface area contributed by atoms with Gasteiger partial charge in [0.2, 0.25) is 0 Å². The Morgan fingerprint density at radius 2 is 0.750 bits per heavy atom. The van der Waals surface area contributed by atoms with Gasteiger partial charge in [-0.25, -0.2) is 0 Å². The Bertz CT molecular complexity index is 159. The average Bonchev–Trinajstić information content (AvgIpc) is 2.19. The number of hydrogen-bond donors (Lipinski definition) is 0. The minimum Gasteiger partial charge on any atom is -0.550 e. The first-order valence-corrected chi connectivity index (χ1v) is 4.41. The van der Waals surface area contributed by atoms with Crippen LogP contribution < -0.4 is 15.3 Å². The molecule has 0 fully saturated rings. The van der Waals surface area contributed by atoms with Crippen molar-refractivity contribution in [3.8, 4) is 0 Å². The van der Waals surface area contributed by atoms with Gasteiger partial charge in [0.1, 0.15) is 0 Å². The van der Waals surface area contributed by atoms with E-state index in [9.17, 15) is 29.7 Å². The fourth-order valence-electron chi connectivity index (χ4n) is 0. The van der Waals surface area contributed by atoms with E-state index >= 15 is 0 Å². The molecule has 96 valence electrons. The van der Waals surface area contributed by atoms with E-state index in [1.54, 1.807) is 0 Å². The molecule has 0 aliphatic heterocycles. The topological polar surface area (TPSA) is 120 Å². The van der Waals surface area contributed by atoms with E-state index < -0.39 is 17.9 Å². The van der Waals surface area contributed by atoms with Crippen LogP contribution in [0.25, 0.3) is 0 Å². The zero-order chi connectivity index (χ0) is 12.9. The summed E-state index contributed by atoms with van der Waals surface area (Å²) in [6, 6.07) is 0. The van der Waals surface area contributed by atoms with E-state index in [1.807, 2.05) is 0 Å². The summed E-state index contributed by atoms with van der Waals surface area (Å²) in [4.78, 5) is 27.8. The zero-order valence-electron chi connectivity index (χ0n) is 9.40. The molecule has 0 N–H and O–H groups in total. The van der Waals surface area contributed by atoms with Crippen LogP contribution in [0.3, 0.4) is 0 Å². The zero-order valence-corrected chi connectivity index (χ0v) is 11.5. The molecule has 6 nitrogen and oxygen atoms in total. The predicted molar refractivity (Wildman–Crippen MR) is 45.9 cm³/mol. The molecular weight excluding hydrogens is 363 g/mol. The molecule has 0 saturated heterocycles. The Morgan fingerprint density at radius 1 is 0.688 bits per heavy atom. The predicted octanol–water partition coefficient (Wildman–Crippen LogP) is -2.56. The quantitative estimate of drug-likeness (QED) is 0.533. The third-order valence-corrected chi connectivity index (χ3v) is 0.866. The Kier molecular flexibility index (Phi) is 31.2. The van der Waals surface area contributed by atoms with E-state index in [0.717, 1.165) is 0 Å². The van der Waals surface area contributed by atoms with Crippen molar-refractivity contribution in [2.45, 2.75) is 40.0 Å². The molecule has 0 aromatic heterocycles. The Labute approximate surface area is 125 Å². The maximum atomic E-state index is 9.26. The average molecular weight is 378 g/mol. The second kappa shape index (κ2) is 20.2. The normalized spacial score (nSPS) is 6.94. The van der Waals surface area contributed by atoms with Gasteiger partial charge in [0, 0.05) is 17.9 Å². The Balaban J connectivity index is -0.0000000655. The summed E-state index contributed by atoms with van der Waals surface area (Å²) in [5, 5.41) is 27.8. The van der Waals surface area contributed by atoms with Crippen LogP contribution in [0.2, 0.25) is 0 Å². The maximum absolute atomic E-state index is 9.26. The van der Waals surface area contributed by atoms with Crippen molar-refractivity contribution in [3.05, 3.63) is 0 Å². The molecule has 0 aromatic carbocycles. The van der Waals surface area contributed by atoms with Gasteiger partial charge in [-0.3, -0.25) is 0 Å². The van der Waals surface area contributed by atoms with E-state index in [2.05, 4.69) is 0 Å².